The number of thioether (sulfide) groups is 1. The molecule has 0 amide bonds. The number of rotatable bonds is 15. The number of phosphoric acid groups is 1. The second kappa shape index (κ2) is 15.1. The van der Waals surface area contributed by atoms with E-state index in [2.05, 4.69) is 6.92 Å². The quantitative estimate of drug-likeness (QED) is 0.233. The van der Waals surface area contributed by atoms with Crippen molar-refractivity contribution >= 4 is 24.7 Å². The predicted octanol–water partition coefficient (Wildman–Crippen LogP) is 4.60. The third kappa shape index (κ3) is 12.2. The molecule has 0 aromatic rings. The van der Waals surface area contributed by atoms with Crippen LogP contribution in [0.3, 0.4) is 0 Å². The second-order valence-corrected chi connectivity index (χ2v) is 8.30. The van der Waals surface area contributed by atoms with Gasteiger partial charge in [-0.3, -0.25) is 18.4 Å². The third-order valence-corrected chi connectivity index (χ3v) is 5.42. The van der Waals surface area contributed by atoms with Crippen molar-refractivity contribution in [2.45, 2.75) is 51.2 Å². The standard InChI is InChI=1S/C16H31O6PS/c1-5-7-9-10-12-21-13-15(24-16(17)11-8-6-2)14-22-23(18,19-3)20-4/h8,11,15H,5-7,9-10,12-14H2,1-4H3/b11-8+/t15-/m1/s1. The molecule has 0 radical (unpaired) electrons. The fraction of sp³-hybridized carbons (Fsp3) is 0.812. The first-order valence-electron chi connectivity index (χ1n) is 8.32. The van der Waals surface area contributed by atoms with Crippen molar-refractivity contribution in [3.8, 4) is 0 Å². The molecule has 142 valence electrons. The van der Waals surface area contributed by atoms with Gasteiger partial charge in [-0.05, 0) is 18.9 Å². The highest BCUT2D eigenvalue weighted by Gasteiger charge is 2.26. The van der Waals surface area contributed by atoms with Crippen molar-refractivity contribution < 1.29 is 27.7 Å². The lowest BCUT2D eigenvalue weighted by Crippen LogP contribution is -2.21. The van der Waals surface area contributed by atoms with Crippen LogP contribution in [0.4, 0.5) is 0 Å². The molecule has 0 saturated carbocycles. The van der Waals surface area contributed by atoms with E-state index in [0.29, 0.717) is 13.2 Å². The molecule has 0 aromatic carbocycles. The van der Waals surface area contributed by atoms with Crippen molar-refractivity contribution in [1.82, 2.24) is 0 Å². The number of hydrogen-bond acceptors (Lipinski definition) is 7. The maximum atomic E-state index is 11.9. The summed E-state index contributed by atoms with van der Waals surface area (Å²) in [6.45, 7) is 5.15. The van der Waals surface area contributed by atoms with Gasteiger partial charge in [-0.25, -0.2) is 4.57 Å². The minimum absolute atomic E-state index is 0.0459. The van der Waals surface area contributed by atoms with Crippen molar-refractivity contribution in [3.63, 3.8) is 0 Å². The zero-order valence-corrected chi connectivity index (χ0v) is 16.9. The van der Waals surface area contributed by atoms with E-state index in [1.807, 2.05) is 6.92 Å². The van der Waals surface area contributed by atoms with E-state index in [0.717, 1.165) is 31.0 Å². The van der Waals surface area contributed by atoms with Crippen LogP contribution in [-0.4, -0.2) is 44.4 Å². The SMILES string of the molecule is CC/C=C/C(=O)S[C@H](COCCCCCC)COP(=O)(OC)OC. The Labute approximate surface area is 150 Å². The highest BCUT2D eigenvalue weighted by molar-refractivity contribution is 8.14. The number of unbranched alkanes of at least 4 members (excludes halogenated alkanes) is 3. The first kappa shape index (κ1) is 23.8. The lowest BCUT2D eigenvalue weighted by Gasteiger charge is -2.18. The van der Waals surface area contributed by atoms with Crippen molar-refractivity contribution in [1.29, 1.82) is 0 Å². The van der Waals surface area contributed by atoms with E-state index in [9.17, 15) is 9.36 Å². The topological polar surface area (TPSA) is 71.1 Å². The summed E-state index contributed by atoms with van der Waals surface area (Å²) in [5.74, 6) is 0. The molecule has 0 aliphatic carbocycles. The van der Waals surface area contributed by atoms with Crippen LogP contribution in [0.5, 0.6) is 0 Å². The van der Waals surface area contributed by atoms with Gasteiger partial charge in [0.05, 0.1) is 18.5 Å². The van der Waals surface area contributed by atoms with Gasteiger partial charge in [0.2, 0.25) is 5.12 Å². The van der Waals surface area contributed by atoms with E-state index in [-0.39, 0.29) is 17.0 Å². The molecule has 0 aliphatic rings. The summed E-state index contributed by atoms with van der Waals surface area (Å²) in [6, 6.07) is 0. The summed E-state index contributed by atoms with van der Waals surface area (Å²) in [7, 11) is -1.04. The molecular weight excluding hydrogens is 351 g/mol. The zero-order valence-electron chi connectivity index (χ0n) is 15.2. The molecule has 0 bridgehead atoms. The summed E-state index contributed by atoms with van der Waals surface area (Å²) < 4.78 is 32.3. The Hall–Kier alpha value is -0.170. The largest absolute Gasteiger partial charge is 0.474 e. The van der Waals surface area contributed by atoms with Gasteiger partial charge in [-0.1, -0.05) is 50.9 Å². The van der Waals surface area contributed by atoms with Crippen LogP contribution in [0.2, 0.25) is 0 Å². The number of allylic oxidation sites excluding steroid dienone is 1. The maximum absolute atomic E-state index is 11.9. The first-order chi connectivity index (χ1) is 11.5. The lowest BCUT2D eigenvalue weighted by atomic mass is 10.2. The molecule has 8 heteroatoms. The zero-order chi connectivity index (χ0) is 18.3. The third-order valence-electron chi connectivity index (χ3n) is 3.08. The number of phosphoric ester groups is 1. The Morgan fingerprint density at radius 1 is 1.12 bits per heavy atom. The monoisotopic (exact) mass is 382 g/mol. The van der Waals surface area contributed by atoms with Crippen LogP contribution >= 0.6 is 19.6 Å². The van der Waals surface area contributed by atoms with Crippen LogP contribution in [0.15, 0.2) is 12.2 Å². The molecule has 0 N–H and O–H groups in total. The van der Waals surface area contributed by atoms with E-state index in [1.165, 1.54) is 33.1 Å². The summed E-state index contributed by atoms with van der Waals surface area (Å²) in [5.41, 5.74) is 0. The van der Waals surface area contributed by atoms with Crippen molar-refractivity contribution in [2.75, 3.05) is 34.0 Å². The van der Waals surface area contributed by atoms with Crippen molar-refractivity contribution in [3.05, 3.63) is 12.2 Å². The summed E-state index contributed by atoms with van der Waals surface area (Å²) in [4.78, 5) is 11.9. The minimum atomic E-state index is -3.55. The minimum Gasteiger partial charge on any atom is -0.380 e. The molecule has 0 rings (SSSR count). The van der Waals surface area contributed by atoms with Crippen LogP contribution in [-0.2, 0) is 27.7 Å². The van der Waals surface area contributed by atoms with E-state index in [4.69, 9.17) is 18.3 Å². The molecule has 0 aliphatic heterocycles. The van der Waals surface area contributed by atoms with Crippen LogP contribution in [0.1, 0.15) is 46.0 Å². The number of carbonyl (C=O) groups excluding carboxylic acids is 1. The van der Waals surface area contributed by atoms with Crippen LogP contribution in [0.25, 0.3) is 0 Å². The maximum Gasteiger partial charge on any atom is 0.474 e. The summed E-state index contributed by atoms with van der Waals surface area (Å²) >= 11 is 1.11. The van der Waals surface area contributed by atoms with E-state index in [1.54, 1.807) is 6.08 Å². The molecule has 0 saturated heterocycles. The van der Waals surface area contributed by atoms with Crippen LogP contribution in [0, 0.1) is 0 Å². The normalized spacial score (nSPS) is 13.5. The molecule has 0 fully saturated rings. The van der Waals surface area contributed by atoms with Gasteiger partial charge >= 0.3 is 7.82 Å². The Kier molecular flexibility index (Phi) is 15.0. The van der Waals surface area contributed by atoms with Gasteiger partial charge in [0, 0.05) is 20.8 Å². The molecule has 0 spiro atoms. The Balaban J connectivity index is 4.40. The first-order valence-corrected chi connectivity index (χ1v) is 10.7. The Morgan fingerprint density at radius 2 is 1.83 bits per heavy atom. The molecular formula is C16H31O6PS. The molecule has 6 nitrogen and oxygen atoms in total. The predicted molar refractivity (Wildman–Crippen MR) is 98.4 cm³/mol. The van der Waals surface area contributed by atoms with Gasteiger partial charge in [-0.15, -0.1) is 0 Å². The van der Waals surface area contributed by atoms with Crippen LogP contribution < -0.4 is 0 Å². The fourth-order valence-electron chi connectivity index (χ4n) is 1.73. The molecule has 0 aromatic heterocycles. The average Bonchev–Trinajstić information content (AvgIpc) is 2.60. The number of carbonyl (C=O) groups is 1. The molecule has 24 heavy (non-hydrogen) atoms. The molecule has 0 unspecified atom stereocenters. The molecule has 0 heterocycles. The molecule has 1 atom stereocenters. The highest BCUT2D eigenvalue weighted by atomic mass is 32.2. The number of hydrogen-bond donors (Lipinski definition) is 0. The second-order valence-electron chi connectivity index (χ2n) is 5.11. The van der Waals surface area contributed by atoms with Gasteiger partial charge in [0.15, 0.2) is 0 Å². The van der Waals surface area contributed by atoms with Gasteiger partial charge in [-0.2, -0.15) is 0 Å². The van der Waals surface area contributed by atoms with Gasteiger partial charge < -0.3 is 4.74 Å². The lowest BCUT2D eigenvalue weighted by molar-refractivity contribution is -0.107. The highest BCUT2D eigenvalue weighted by Crippen LogP contribution is 2.47. The Bertz CT molecular complexity index is 394. The average molecular weight is 382 g/mol. The fourth-order valence-corrected chi connectivity index (χ4v) is 3.36. The number of ether oxygens (including phenoxy) is 1. The van der Waals surface area contributed by atoms with E-state index >= 15 is 0 Å². The van der Waals surface area contributed by atoms with Gasteiger partial charge in [0.1, 0.15) is 0 Å². The van der Waals surface area contributed by atoms with Gasteiger partial charge in [0.25, 0.3) is 0 Å². The van der Waals surface area contributed by atoms with Crippen molar-refractivity contribution in [2.24, 2.45) is 0 Å². The summed E-state index contributed by atoms with van der Waals surface area (Å²) in [5, 5.41) is -0.353. The smallest absolute Gasteiger partial charge is 0.380 e. The summed E-state index contributed by atoms with van der Waals surface area (Å²) in [6.07, 6.45) is 8.61. The van der Waals surface area contributed by atoms with E-state index < -0.39 is 7.82 Å². The Morgan fingerprint density at radius 3 is 2.42 bits per heavy atom.